The van der Waals surface area contributed by atoms with Gasteiger partial charge in [0.15, 0.2) is 0 Å². The molecule has 1 nitrogen and oxygen atoms in total. The van der Waals surface area contributed by atoms with E-state index in [9.17, 15) is 35.1 Å². The highest BCUT2D eigenvalue weighted by molar-refractivity contribution is 5.17. The van der Waals surface area contributed by atoms with E-state index in [0.717, 1.165) is 6.92 Å². The molecule has 0 aromatic carbocycles. The van der Waals surface area contributed by atoms with Crippen LogP contribution in [0.2, 0.25) is 0 Å². The molecule has 102 valence electrons. The van der Waals surface area contributed by atoms with Crippen molar-refractivity contribution in [2.24, 2.45) is 0 Å². The average Bonchev–Trinajstić information content (AvgIpc) is 2.40. The molecule has 3 unspecified atom stereocenters. The van der Waals surface area contributed by atoms with Crippen molar-refractivity contribution in [3.63, 3.8) is 0 Å². The molecule has 0 aliphatic carbocycles. The van der Waals surface area contributed by atoms with Crippen molar-refractivity contribution in [1.29, 1.82) is 0 Å². The SMILES string of the molecule is CCC1OCC(F)(C(F)(F)F)C1(F)C(F)(F)F. The molecule has 1 aliphatic heterocycles. The van der Waals surface area contributed by atoms with E-state index in [-0.39, 0.29) is 0 Å². The van der Waals surface area contributed by atoms with Crippen LogP contribution in [0.25, 0.3) is 0 Å². The molecule has 3 atom stereocenters. The summed E-state index contributed by atoms with van der Waals surface area (Å²) in [7, 11) is 0. The van der Waals surface area contributed by atoms with E-state index in [4.69, 9.17) is 0 Å². The Morgan fingerprint density at radius 2 is 1.53 bits per heavy atom. The van der Waals surface area contributed by atoms with E-state index in [1.165, 1.54) is 0 Å². The highest BCUT2D eigenvalue weighted by atomic mass is 19.4. The second-order valence-corrected chi connectivity index (χ2v) is 3.72. The van der Waals surface area contributed by atoms with Crippen LogP contribution in [0.1, 0.15) is 13.3 Å². The number of hydrogen-bond acceptors (Lipinski definition) is 1. The lowest BCUT2D eigenvalue weighted by atomic mass is 9.82. The Morgan fingerprint density at radius 3 is 1.82 bits per heavy atom. The minimum Gasteiger partial charge on any atom is -0.371 e. The minimum atomic E-state index is -6.01. The summed E-state index contributed by atoms with van der Waals surface area (Å²) in [5, 5.41) is 0. The second kappa shape index (κ2) is 3.69. The van der Waals surface area contributed by atoms with E-state index < -0.39 is 42.8 Å². The van der Waals surface area contributed by atoms with Gasteiger partial charge < -0.3 is 4.74 Å². The van der Waals surface area contributed by atoms with Crippen LogP contribution in [-0.2, 0) is 4.74 Å². The van der Waals surface area contributed by atoms with Gasteiger partial charge in [0.2, 0.25) is 0 Å². The smallest absolute Gasteiger partial charge is 0.371 e. The largest absolute Gasteiger partial charge is 0.428 e. The fraction of sp³-hybridized carbons (Fsp3) is 1.00. The third-order valence-electron chi connectivity index (χ3n) is 2.74. The van der Waals surface area contributed by atoms with Gasteiger partial charge in [-0.25, -0.2) is 8.78 Å². The van der Waals surface area contributed by atoms with Crippen molar-refractivity contribution in [3.05, 3.63) is 0 Å². The summed E-state index contributed by atoms with van der Waals surface area (Å²) in [5.74, 6) is 0. The molecular formula is C8H8F8O. The first kappa shape index (κ1) is 14.5. The van der Waals surface area contributed by atoms with Crippen molar-refractivity contribution >= 4 is 0 Å². The average molecular weight is 272 g/mol. The van der Waals surface area contributed by atoms with Crippen LogP contribution in [0.4, 0.5) is 35.1 Å². The zero-order chi connectivity index (χ0) is 13.7. The second-order valence-electron chi connectivity index (χ2n) is 3.72. The molecule has 1 saturated heterocycles. The standard InChI is InChI=1S/C8H8F8O/c1-2-4-6(10,8(14,15)16)5(9,3-17-4)7(11,12)13/h4H,2-3H2,1H3. The molecule has 0 saturated carbocycles. The maximum absolute atomic E-state index is 13.7. The van der Waals surface area contributed by atoms with Crippen molar-refractivity contribution in [2.75, 3.05) is 6.61 Å². The van der Waals surface area contributed by atoms with Gasteiger partial charge in [-0.2, -0.15) is 26.3 Å². The molecule has 1 fully saturated rings. The number of halogens is 8. The predicted octanol–water partition coefficient (Wildman–Crippen LogP) is 3.34. The molecule has 1 heterocycles. The molecule has 17 heavy (non-hydrogen) atoms. The molecule has 0 spiro atoms. The Morgan fingerprint density at radius 1 is 1.06 bits per heavy atom. The number of ether oxygens (including phenoxy) is 1. The van der Waals surface area contributed by atoms with Crippen LogP contribution in [0.3, 0.4) is 0 Å². The summed E-state index contributed by atoms with van der Waals surface area (Å²) in [6.45, 7) is -1.02. The Hall–Kier alpha value is -0.600. The molecular weight excluding hydrogens is 264 g/mol. The van der Waals surface area contributed by atoms with Crippen LogP contribution >= 0.6 is 0 Å². The summed E-state index contributed by atoms with van der Waals surface area (Å²) in [6.07, 6.45) is -15.2. The normalized spacial score (nSPS) is 39.7. The topological polar surface area (TPSA) is 9.23 Å². The molecule has 0 N–H and O–H groups in total. The Bertz CT molecular complexity index is 297. The first-order valence-corrected chi connectivity index (χ1v) is 4.54. The maximum Gasteiger partial charge on any atom is 0.428 e. The zero-order valence-electron chi connectivity index (χ0n) is 8.42. The van der Waals surface area contributed by atoms with Gasteiger partial charge in [0.25, 0.3) is 11.3 Å². The Balaban J connectivity index is 3.35. The van der Waals surface area contributed by atoms with Crippen LogP contribution in [-0.4, -0.2) is 36.4 Å². The van der Waals surface area contributed by atoms with Gasteiger partial charge in [-0.3, -0.25) is 0 Å². The predicted molar refractivity (Wildman–Crippen MR) is 39.8 cm³/mol. The van der Waals surface area contributed by atoms with Crippen LogP contribution in [0.5, 0.6) is 0 Å². The number of rotatable bonds is 1. The molecule has 1 rings (SSSR count). The third kappa shape index (κ3) is 1.69. The van der Waals surface area contributed by atoms with Crippen LogP contribution in [0, 0.1) is 0 Å². The molecule has 1 aliphatic rings. The van der Waals surface area contributed by atoms with E-state index >= 15 is 0 Å². The van der Waals surface area contributed by atoms with E-state index in [1.54, 1.807) is 0 Å². The van der Waals surface area contributed by atoms with Crippen LogP contribution in [0.15, 0.2) is 0 Å². The Kier molecular flexibility index (Phi) is 3.14. The first-order chi connectivity index (χ1) is 7.42. The van der Waals surface area contributed by atoms with Gasteiger partial charge in [-0.15, -0.1) is 0 Å². The van der Waals surface area contributed by atoms with Crippen molar-refractivity contribution in [2.45, 2.75) is 43.1 Å². The fourth-order valence-corrected chi connectivity index (χ4v) is 1.78. The van der Waals surface area contributed by atoms with E-state index in [0.29, 0.717) is 0 Å². The van der Waals surface area contributed by atoms with Crippen molar-refractivity contribution in [3.8, 4) is 0 Å². The van der Waals surface area contributed by atoms with Gasteiger partial charge in [-0.1, -0.05) is 6.92 Å². The summed E-state index contributed by atoms with van der Waals surface area (Å²) in [5.41, 5.74) is -10.1. The lowest BCUT2D eigenvalue weighted by Crippen LogP contribution is -2.66. The fourth-order valence-electron chi connectivity index (χ4n) is 1.78. The lowest BCUT2D eigenvalue weighted by molar-refractivity contribution is -0.332. The molecule has 0 amide bonds. The lowest BCUT2D eigenvalue weighted by Gasteiger charge is -2.36. The summed E-state index contributed by atoms with van der Waals surface area (Å²) < 4.78 is 105. The molecule has 0 bridgehead atoms. The first-order valence-electron chi connectivity index (χ1n) is 4.54. The van der Waals surface area contributed by atoms with Gasteiger partial charge in [0, 0.05) is 0 Å². The third-order valence-corrected chi connectivity index (χ3v) is 2.74. The maximum atomic E-state index is 13.7. The summed E-state index contributed by atoms with van der Waals surface area (Å²) >= 11 is 0. The monoisotopic (exact) mass is 272 g/mol. The van der Waals surface area contributed by atoms with Crippen LogP contribution < -0.4 is 0 Å². The minimum absolute atomic E-state index is 0.724. The zero-order valence-corrected chi connectivity index (χ0v) is 8.42. The molecule has 9 heteroatoms. The van der Waals surface area contributed by atoms with E-state index in [2.05, 4.69) is 4.74 Å². The van der Waals surface area contributed by atoms with Gasteiger partial charge in [-0.05, 0) is 6.42 Å². The highest BCUT2D eigenvalue weighted by Crippen LogP contribution is 2.58. The number of hydrogen-bond donors (Lipinski definition) is 0. The molecule has 0 radical (unpaired) electrons. The van der Waals surface area contributed by atoms with Crippen molar-refractivity contribution in [1.82, 2.24) is 0 Å². The summed E-state index contributed by atoms with van der Waals surface area (Å²) in [6, 6.07) is 0. The Labute approximate surface area is 90.7 Å². The quantitative estimate of drug-likeness (QED) is 0.665. The summed E-state index contributed by atoms with van der Waals surface area (Å²) in [4.78, 5) is 0. The van der Waals surface area contributed by atoms with E-state index in [1.807, 2.05) is 0 Å². The van der Waals surface area contributed by atoms with Gasteiger partial charge in [0.05, 0.1) is 6.61 Å². The van der Waals surface area contributed by atoms with Crippen molar-refractivity contribution < 1.29 is 39.9 Å². The highest BCUT2D eigenvalue weighted by Gasteiger charge is 2.85. The van der Waals surface area contributed by atoms with Gasteiger partial charge >= 0.3 is 12.4 Å². The molecule has 0 aromatic heterocycles. The van der Waals surface area contributed by atoms with Gasteiger partial charge in [0.1, 0.15) is 6.10 Å². The molecule has 0 aromatic rings. The number of alkyl halides is 8.